The van der Waals surface area contributed by atoms with E-state index in [1.165, 1.54) is 12.8 Å². The minimum absolute atomic E-state index is 0.342. The van der Waals surface area contributed by atoms with Gasteiger partial charge in [-0.1, -0.05) is 12.1 Å². The molecule has 0 spiro atoms. The maximum Gasteiger partial charge on any atom is 0.112 e. The molecule has 0 radical (unpaired) electrons. The van der Waals surface area contributed by atoms with E-state index in [2.05, 4.69) is 15.6 Å². The molecule has 1 aromatic carbocycles. The van der Waals surface area contributed by atoms with Crippen molar-refractivity contribution in [2.75, 3.05) is 6.61 Å². The molecule has 2 aromatic rings. The first kappa shape index (κ1) is 14.5. The van der Waals surface area contributed by atoms with Gasteiger partial charge in [-0.15, -0.1) is 0 Å². The van der Waals surface area contributed by atoms with Crippen LogP contribution in [0.15, 0.2) is 24.3 Å². The lowest BCUT2D eigenvalue weighted by atomic mass is 10.0. The fourth-order valence-corrected chi connectivity index (χ4v) is 3.10. The molecular weight excluding hydrogens is 264 g/mol. The minimum Gasteiger partial charge on any atom is -0.393 e. The molecule has 114 valence electrons. The van der Waals surface area contributed by atoms with Gasteiger partial charge < -0.3 is 14.4 Å². The van der Waals surface area contributed by atoms with Gasteiger partial charge in [-0.25, -0.2) is 4.98 Å². The molecule has 2 heterocycles. The Balaban J connectivity index is 1.58. The SMILES string of the molecule is Cn1c(CC(O)CCC2CCCCO2)nc2ccccc21. The predicted octanol–water partition coefficient (Wildman–Crippen LogP) is 2.83. The first-order valence-corrected chi connectivity index (χ1v) is 7.94. The van der Waals surface area contributed by atoms with E-state index in [1.54, 1.807) is 0 Å². The number of ether oxygens (including phenoxy) is 1. The molecule has 1 saturated heterocycles. The second-order valence-corrected chi connectivity index (χ2v) is 6.00. The number of aryl methyl sites for hydroxylation is 1. The lowest BCUT2D eigenvalue weighted by Gasteiger charge is -2.23. The van der Waals surface area contributed by atoms with Crippen LogP contribution in [0.3, 0.4) is 0 Å². The molecule has 1 aromatic heterocycles. The average molecular weight is 288 g/mol. The number of imidazole rings is 1. The molecule has 2 unspecified atom stereocenters. The van der Waals surface area contributed by atoms with Crippen LogP contribution >= 0.6 is 0 Å². The quantitative estimate of drug-likeness (QED) is 0.920. The Hall–Kier alpha value is -1.39. The number of aliphatic hydroxyl groups is 1. The first-order chi connectivity index (χ1) is 10.2. The van der Waals surface area contributed by atoms with Gasteiger partial charge in [-0.05, 0) is 44.2 Å². The summed E-state index contributed by atoms with van der Waals surface area (Å²) in [6, 6.07) is 8.09. The topological polar surface area (TPSA) is 47.3 Å². The molecular formula is C17H24N2O2. The van der Waals surface area contributed by atoms with Crippen LogP contribution in [0.5, 0.6) is 0 Å². The Kier molecular flexibility index (Phi) is 4.56. The highest BCUT2D eigenvalue weighted by Crippen LogP contribution is 2.20. The molecule has 0 bridgehead atoms. The van der Waals surface area contributed by atoms with Crippen molar-refractivity contribution in [2.45, 2.75) is 50.7 Å². The normalized spacial score (nSPS) is 20.8. The molecule has 1 N–H and O–H groups in total. The van der Waals surface area contributed by atoms with Crippen LogP contribution in [0.2, 0.25) is 0 Å². The van der Waals surface area contributed by atoms with E-state index in [0.717, 1.165) is 42.7 Å². The second kappa shape index (κ2) is 6.58. The lowest BCUT2D eigenvalue weighted by Crippen LogP contribution is -2.22. The van der Waals surface area contributed by atoms with Crippen molar-refractivity contribution in [3.8, 4) is 0 Å². The largest absolute Gasteiger partial charge is 0.393 e. The van der Waals surface area contributed by atoms with E-state index in [1.807, 2.05) is 25.2 Å². The summed E-state index contributed by atoms with van der Waals surface area (Å²) in [6.07, 6.45) is 5.92. The van der Waals surface area contributed by atoms with Crippen LogP contribution in [0, 0.1) is 0 Å². The molecule has 1 aliphatic rings. The summed E-state index contributed by atoms with van der Waals surface area (Å²) in [7, 11) is 2.02. The third-order valence-corrected chi connectivity index (χ3v) is 4.39. The summed E-state index contributed by atoms with van der Waals surface area (Å²) in [5, 5.41) is 10.3. The van der Waals surface area contributed by atoms with Gasteiger partial charge >= 0.3 is 0 Å². The van der Waals surface area contributed by atoms with Crippen molar-refractivity contribution in [3.05, 3.63) is 30.1 Å². The molecule has 0 aliphatic carbocycles. The number of aromatic nitrogens is 2. The third-order valence-electron chi connectivity index (χ3n) is 4.39. The van der Waals surface area contributed by atoms with E-state index in [-0.39, 0.29) is 6.10 Å². The number of hydrogen-bond acceptors (Lipinski definition) is 3. The zero-order valence-corrected chi connectivity index (χ0v) is 12.7. The molecule has 21 heavy (non-hydrogen) atoms. The van der Waals surface area contributed by atoms with E-state index in [4.69, 9.17) is 4.74 Å². The zero-order valence-electron chi connectivity index (χ0n) is 12.7. The molecule has 4 nitrogen and oxygen atoms in total. The number of fused-ring (bicyclic) bond motifs is 1. The van der Waals surface area contributed by atoms with Crippen molar-refractivity contribution in [1.82, 2.24) is 9.55 Å². The maximum atomic E-state index is 10.3. The summed E-state index contributed by atoms with van der Waals surface area (Å²) in [5.41, 5.74) is 2.12. The fraction of sp³-hybridized carbons (Fsp3) is 0.588. The Morgan fingerprint density at radius 2 is 2.24 bits per heavy atom. The number of rotatable bonds is 5. The Labute approximate surface area is 125 Å². The van der Waals surface area contributed by atoms with Crippen molar-refractivity contribution in [2.24, 2.45) is 7.05 Å². The molecule has 1 fully saturated rings. The van der Waals surface area contributed by atoms with Crippen molar-refractivity contribution < 1.29 is 9.84 Å². The predicted molar refractivity (Wildman–Crippen MR) is 83.2 cm³/mol. The van der Waals surface area contributed by atoms with Crippen LogP contribution in [0.4, 0.5) is 0 Å². The smallest absolute Gasteiger partial charge is 0.112 e. The molecule has 3 rings (SSSR count). The van der Waals surface area contributed by atoms with Gasteiger partial charge in [0.1, 0.15) is 5.82 Å². The molecule has 4 heteroatoms. The summed E-state index contributed by atoms with van der Waals surface area (Å²) < 4.78 is 7.80. The standard InChI is InChI=1S/C17H24N2O2/c1-19-16-8-3-2-7-15(16)18-17(19)12-13(20)9-10-14-6-4-5-11-21-14/h2-3,7-8,13-14,20H,4-6,9-12H2,1H3. The average Bonchev–Trinajstić information content (AvgIpc) is 2.83. The van der Waals surface area contributed by atoms with E-state index < -0.39 is 0 Å². The highest BCUT2D eigenvalue weighted by Gasteiger charge is 2.17. The van der Waals surface area contributed by atoms with Crippen LogP contribution in [-0.2, 0) is 18.2 Å². The van der Waals surface area contributed by atoms with Gasteiger partial charge in [-0.3, -0.25) is 0 Å². The minimum atomic E-state index is -0.342. The number of benzene rings is 1. The van der Waals surface area contributed by atoms with Crippen LogP contribution < -0.4 is 0 Å². The Morgan fingerprint density at radius 3 is 3.00 bits per heavy atom. The maximum absolute atomic E-state index is 10.3. The van der Waals surface area contributed by atoms with Crippen molar-refractivity contribution in [1.29, 1.82) is 0 Å². The monoisotopic (exact) mass is 288 g/mol. The molecule has 1 aliphatic heterocycles. The zero-order chi connectivity index (χ0) is 14.7. The van der Waals surface area contributed by atoms with Gasteiger partial charge in [0.15, 0.2) is 0 Å². The van der Waals surface area contributed by atoms with Crippen molar-refractivity contribution in [3.63, 3.8) is 0 Å². The Bertz CT molecular complexity index is 587. The van der Waals surface area contributed by atoms with E-state index >= 15 is 0 Å². The number of hydrogen-bond donors (Lipinski definition) is 1. The highest BCUT2D eigenvalue weighted by molar-refractivity contribution is 5.75. The van der Waals surface area contributed by atoms with Crippen LogP contribution in [0.25, 0.3) is 11.0 Å². The lowest BCUT2D eigenvalue weighted by molar-refractivity contribution is 0.00219. The van der Waals surface area contributed by atoms with E-state index in [0.29, 0.717) is 12.5 Å². The highest BCUT2D eigenvalue weighted by atomic mass is 16.5. The summed E-state index contributed by atoms with van der Waals surface area (Å²) in [6.45, 7) is 0.880. The van der Waals surface area contributed by atoms with Crippen molar-refractivity contribution >= 4 is 11.0 Å². The molecule has 2 atom stereocenters. The van der Waals surface area contributed by atoms with Gasteiger partial charge in [0, 0.05) is 20.1 Å². The van der Waals surface area contributed by atoms with Crippen LogP contribution in [0.1, 0.15) is 37.9 Å². The summed E-state index contributed by atoms with van der Waals surface area (Å²) >= 11 is 0. The summed E-state index contributed by atoms with van der Waals surface area (Å²) in [5.74, 6) is 0.952. The first-order valence-electron chi connectivity index (χ1n) is 7.94. The van der Waals surface area contributed by atoms with Crippen LogP contribution in [-0.4, -0.2) is 33.5 Å². The summed E-state index contributed by atoms with van der Waals surface area (Å²) in [4.78, 5) is 4.62. The fourth-order valence-electron chi connectivity index (χ4n) is 3.10. The number of para-hydroxylation sites is 2. The number of nitrogens with zero attached hydrogens (tertiary/aromatic N) is 2. The Morgan fingerprint density at radius 1 is 1.38 bits per heavy atom. The van der Waals surface area contributed by atoms with E-state index in [9.17, 15) is 5.11 Å². The molecule has 0 saturated carbocycles. The van der Waals surface area contributed by atoms with Gasteiger partial charge in [0.2, 0.25) is 0 Å². The second-order valence-electron chi connectivity index (χ2n) is 6.00. The van der Waals surface area contributed by atoms with Gasteiger partial charge in [0.25, 0.3) is 0 Å². The molecule has 0 amide bonds. The van der Waals surface area contributed by atoms with Gasteiger partial charge in [-0.2, -0.15) is 0 Å². The third kappa shape index (κ3) is 3.44. The number of aliphatic hydroxyl groups excluding tert-OH is 1. The van der Waals surface area contributed by atoms with Gasteiger partial charge in [0.05, 0.1) is 23.2 Å².